The third kappa shape index (κ3) is 4.85. The molecule has 9 heteroatoms. The quantitative estimate of drug-likeness (QED) is 0.743. The Balaban J connectivity index is 2.13. The van der Waals surface area contributed by atoms with Crippen molar-refractivity contribution in [2.24, 2.45) is 5.73 Å². The van der Waals surface area contributed by atoms with Gasteiger partial charge in [0.15, 0.2) is 0 Å². The van der Waals surface area contributed by atoms with Gasteiger partial charge in [-0.25, -0.2) is 13.1 Å². The molecule has 0 unspecified atom stereocenters. The molecule has 2 rings (SSSR count). The van der Waals surface area contributed by atoms with E-state index in [2.05, 4.69) is 4.72 Å². The lowest BCUT2D eigenvalue weighted by molar-refractivity contribution is 0.1000. The predicted octanol–water partition coefficient (Wildman–Crippen LogP) is 2.62. The molecule has 0 aliphatic carbocycles. The number of primary amides is 1. The monoisotopic (exact) mass is 402 g/mol. The maximum absolute atomic E-state index is 12.4. The van der Waals surface area contributed by atoms with E-state index in [0.29, 0.717) is 6.42 Å². The second-order valence-corrected chi connectivity index (χ2v) is 7.67. The lowest BCUT2D eigenvalue weighted by atomic mass is 10.1. The van der Waals surface area contributed by atoms with Crippen molar-refractivity contribution >= 4 is 39.1 Å². The number of rotatable bonds is 7. The zero-order valence-corrected chi connectivity index (χ0v) is 15.6. The van der Waals surface area contributed by atoms with Gasteiger partial charge in [0, 0.05) is 6.54 Å². The summed E-state index contributed by atoms with van der Waals surface area (Å²) in [6, 6.07) is 9.52. The van der Waals surface area contributed by atoms with E-state index in [-0.39, 0.29) is 27.0 Å². The average molecular weight is 403 g/mol. The summed E-state index contributed by atoms with van der Waals surface area (Å²) in [5, 5.41) is -0.0957. The highest BCUT2D eigenvalue weighted by atomic mass is 35.5. The molecule has 25 heavy (non-hydrogen) atoms. The number of methoxy groups -OCH3 is 1. The van der Waals surface area contributed by atoms with Crippen LogP contribution in [0.25, 0.3) is 0 Å². The summed E-state index contributed by atoms with van der Waals surface area (Å²) >= 11 is 11.8. The van der Waals surface area contributed by atoms with Gasteiger partial charge >= 0.3 is 0 Å². The molecule has 0 bridgehead atoms. The Hall–Kier alpha value is -1.80. The van der Waals surface area contributed by atoms with Crippen molar-refractivity contribution in [2.75, 3.05) is 13.7 Å². The highest BCUT2D eigenvalue weighted by molar-refractivity contribution is 7.89. The minimum atomic E-state index is -3.92. The summed E-state index contributed by atoms with van der Waals surface area (Å²) in [7, 11) is -2.35. The summed E-state index contributed by atoms with van der Waals surface area (Å²) in [4.78, 5) is 11.1. The fourth-order valence-corrected chi connectivity index (χ4v) is 4.02. The molecule has 0 atom stereocenters. The van der Waals surface area contributed by atoms with Crippen molar-refractivity contribution < 1.29 is 17.9 Å². The maximum atomic E-state index is 12.4. The zero-order chi connectivity index (χ0) is 18.6. The molecule has 0 saturated heterocycles. The van der Waals surface area contributed by atoms with Crippen LogP contribution >= 0.6 is 23.2 Å². The van der Waals surface area contributed by atoms with E-state index >= 15 is 0 Å². The molecule has 0 spiro atoms. The number of hydrogen-bond donors (Lipinski definition) is 2. The number of halogens is 2. The first kappa shape index (κ1) is 19.5. The van der Waals surface area contributed by atoms with E-state index < -0.39 is 15.9 Å². The Kier molecular flexibility index (Phi) is 6.29. The van der Waals surface area contributed by atoms with Gasteiger partial charge in [0.1, 0.15) is 10.6 Å². The average Bonchev–Trinajstić information content (AvgIpc) is 2.54. The van der Waals surface area contributed by atoms with E-state index in [9.17, 15) is 13.2 Å². The van der Waals surface area contributed by atoms with E-state index in [4.69, 9.17) is 33.7 Å². The number of carbonyl (C=O) groups excluding carboxylic acids is 1. The molecule has 0 saturated carbocycles. The third-order valence-corrected chi connectivity index (χ3v) is 5.68. The lowest BCUT2D eigenvalue weighted by Gasteiger charge is -2.11. The summed E-state index contributed by atoms with van der Waals surface area (Å²) in [6.45, 7) is 0.152. The van der Waals surface area contributed by atoms with Crippen LogP contribution in [0.2, 0.25) is 10.0 Å². The standard InChI is InChI=1S/C16H16Cl2N2O4S/c1-24-11-4-2-10(3-5-11)6-7-20-25(22,23)15-8-12(16(19)21)13(17)9-14(15)18/h2-5,8-9,20H,6-7H2,1H3,(H2,19,21). The zero-order valence-electron chi connectivity index (χ0n) is 13.3. The fraction of sp³-hybridized carbons (Fsp3) is 0.188. The van der Waals surface area contributed by atoms with Gasteiger partial charge in [0.05, 0.1) is 22.7 Å². The van der Waals surface area contributed by atoms with E-state index in [1.165, 1.54) is 6.07 Å². The molecular weight excluding hydrogens is 387 g/mol. The topological polar surface area (TPSA) is 98.5 Å². The van der Waals surface area contributed by atoms with Gasteiger partial charge in [0.2, 0.25) is 15.9 Å². The molecule has 2 aromatic rings. The summed E-state index contributed by atoms with van der Waals surface area (Å²) in [6.07, 6.45) is 0.469. The number of ether oxygens (including phenoxy) is 1. The fourth-order valence-electron chi connectivity index (χ4n) is 2.12. The Labute approximate surface area is 155 Å². The number of carbonyl (C=O) groups is 1. The van der Waals surface area contributed by atoms with Gasteiger partial charge in [-0.15, -0.1) is 0 Å². The van der Waals surface area contributed by atoms with Crippen LogP contribution in [0.4, 0.5) is 0 Å². The molecule has 1 amide bonds. The lowest BCUT2D eigenvalue weighted by Crippen LogP contribution is -2.26. The van der Waals surface area contributed by atoms with Gasteiger partial charge in [-0.1, -0.05) is 35.3 Å². The predicted molar refractivity (Wildman–Crippen MR) is 96.9 cm³/mol. The second kappa shape index (κ2) is 8.05. The van der Waals surface area contributed by atoms with Crippen LogP contribution in [-0.4, -0.2) is 28.0 Å². The van der Waals surface area contributed by atoms with E-state index in [1.807, 2.05) is 12.1 Å². The third-order valence-electron chi connectivity index (χ3n) is 3.44. The van der Waals surface area contributed by atoms with Gasteiger partial charge < -0.3 is 10.5 Å². The van der Waals surface area contributed by atoms with Crippen molar-refractivity contribution in [3.63, 3.8) is 0 Å². The molecule has 0 aliphatic rings. The molecule has 0 aliphatic heterocycles. The first-order valence-electron chi connectivity index (χ1n) is 7.16. The van der Waals surface area contributed by atoms with Crippen LogP contribution in [0.15, 0.2) is 41.3 Å². The van der Waals surface area contributed by atoms with Crippen LogP contribution in [0.3, 0.4) is 0 Å². The van der Waals surface area contributed by atoms with E-state index in [0.717, 1.165) is 17.4 Å². The molecule has 0 heterocycles. The molecule has 3 N–H and O–H groups in total. The van der Waals surface area contributed by atoms with Gasteiger partial charge in [-0.05, 0) is 36.2 Å². The highest BCUT2D eigenvalue weighted by Crippen LogP contribution is 2.28. The van der Waals surface area contributed by atoms with Crippen LogP contribution in [0, 0.1) is 0 Å². The van der Waals surface area contributed by atoms with Gasteiger partial charge in [0.25, 0.3) is 0 Å². The molecule has 134 valence electrons. The molecular formula is C16H16Cl2N2O4S. The van der Waals surface area contributed by atoms with Crippen LogP contribution < -0.4 is 15.2 Å². The molecule has 0 aromatic heterocycles. The minimum absolute atomic E-state index is 0.00492. The van der Waals surface area contributed by atoms with Gasteiger partial charge in [-0.3, -0.25) is 4.79 Å². The van der Waals surface area contributed by atoms with Crippen molar-refractivity contribution in [1.29, 1.82) is 0 Å². The van der Waals surface area contributed by atoms with E-state index in [1.54, 1.807) is 19.2 Å². The molecule has 0 fully saturated rings. The number of nitrogens with one attached hydrogen (secondary N) is 1. The van der Waals surface area contributed by atoms with Crippen LogP contribution in [0.1, 0.15) is 15.9 Å². The van der Waals surface area contributed by atoms with Crippen LogP contribution in [-0.2, 0) is 16.4 Å². The van der Waals surface area contributed by atoms with Crippen molar-refractivity contribution in [1.82, 2.24) is 4.72 Å². The number of benzene rings is 2. The Morgan fingerprint density at radius 1 is 1.16 bits per heavy atom. The first-order chi connectivity index (χ1) is 11.7. The highest BCUT2D eigenvalue weighted by Gasteiger charge is 2.21. The number of nitrogens with two attached hydrogens (primary N) is 1. The van der Waals surface area contributed by atoms with Crippen molar-refractivity contribution in [2.45, 2.75) is 11.3 Å². The summed E-state index contributed by atoms with van der Waals surface area (Å²) in [5.41, 5.74) is 6.01. The van der Waals surface area contributed by atoms with Crippen LogP contribution in [0.5, 0.6) is 5.75 Å². The maximum Gasteiger partial charge on any atom is 0.250 e. The first-order valence-corrected chi connectivity index (χ1v) is 9.40. The molecule has 2 aromatic carbocycles. The Morgan fingerprint density at radius 3 is 2.36 bits per heavy atom. The smallest absolute Gasteiger partial charge is 0.250 e. The SMILES string of the molecule is COc1ccc(CCNS(=O)(=O)c2cc(C(N)=O)c(Cl)cc2Cl)cc1. The summed E-state index contributed by atoms with van der Waals surface area (Å²) in [5.74, 6) is -0.118. The largest absolute Gasteiger partial charge is 0.497 e. The normalized spacial score (nSPS) is 11.3. The molecule has 0 radical (unpaired) electrons. The number of amides is 1. The minimum Gasteiger partial charge on any atom is -0.497 e. The van der Waals surface area contributed by atoms with Gasteiger partial charge in [-0.2, -0.15) is 0 Å². The number of hydrogen-bond acceptors (Lipinski definition) is 4. The number of sulfonamides is 1. The molecule has 6 nitrogen and oxygen atoms in total. The Bertz CT molecular complexity index is 884. The summed E-state index contributed by atoms with van der Waals surface area (Å²) < 4.78 is 32.3. The van der Waals surface area contributed by atoms with Crippen molar-refractivity contribution in [3.8, 4) is 5.75 Å². The van der Waals surface area contributed by atoms with Crippen molar-refractivity contribution in [3.05, 3.63) is 57.6 Å². The second-order valence-electron chi connectivity index (χ2n) is 5.12. The Morgan fingerprint density at radius 2 is 1.80 bits per heavy atom.